The van der Waals surface area contributed by atoms with E-state index < -0.39 is 0 Å². The Morgan fingerprint density at radius 2 is 2.07 bits per heavy atom. The quantitative estimate of drug-likeness (QED) is 0.834. The first-order valence-corrected chi connectivity index (χ1v) is 10.8. The fraction of sp³-hybridized carbons (Fsp3) is 0.810. The van der Waals surface area contributed by atoms with Crippen molar-refractivity contribution >= 4 is 6.03 Å². The Hall–Kier alpha value is -1.56. The van der Waals surface area contributed by atoms with Crippen molar-refractivity contribution in [3.63, 3.8) is 0 Å². The number of carbonyl (C=O) groups excluding carboxylic acids is 1. The number of aryl methyl sites for hydroxylation is 1. The first-order chi connectivity index (χ1) is 13.0. The van der Waals surface area contributed by atoms with Crippen LogP contribution in [0.2, 0.25) is 0 Å². The van der Waals surface area contributed by atoms with Crippen LogP contribution in [0.5, 0.6) is 0 Å². The molecule has 2 amide bonds. The van der Waals surface area contributed by atoms with Crippen molar-refractivity contribution in [3.05, 3.63) is 17.5 Å². The Balaban J connectivity index is 1.38. The average molecular weight is 374 g/mol. The summed E-state index contributed by atoms with van der Waals surface area (Å²) in [6, 6.07) is 3.01. The number of urea groups is 1. The molecule has 5 rings (SSSR count). The lowest BCUT2D eigenvalue weighted by Gasteiger charge is -2.50. The van der Waals surface area contributed by atoms with E-state index in [1.54, 1.807) is 0 Å². The normalized spacial score (nSPS) is 30.8. The maximum absolute atomic E-state index is 11.9. The van der Waals surface area contributed by atoms with Gasteiger partial charge in [0.15, 0.2) is 0 Å². The van der Waals surface area contributed by atoms with Gasteiger partial charge >= 0.3 is 6.03 Å². The molecule has 3 saturated heterocycles. The molecule has 2 N–H and O–H groups in total. The van der Waals surface area contributed by atoms with E-state index in [0.717, 1.165) is 19.6 Å². The van der Waals surface area contributed by atoms with Gasteiger partial charge in [-0.2, -0.15) is 5.10 Å². The van der Waals surface area contributed by atoms with Crippen LogP contribution in [0.15, 0.2) is 6.07 Å². The number of nitrogens with one attached hydrogen (secondary N) is 2. The fourth-order valence-electron chi connectivity index (χ4n) is 5.48. The van der Waals surface area contributed by atoms with Gasteiger partial charge in [0.2, 0.25) is 0 Å². The van der Waals surface area contributed by atoms with E-state index in [2.05, 4.69) is 33.3 Å². The van der Waals surface area contributed by atoms with Gasteiger partial charge in [-0.15, -0.1) is 0 Å². The first-order valence-electron chi connectivity index (χ1n) is 10.8. The molecule has 0 spiro atoms. The minimum Gasteiger partial charge on any atom is -0.337 e. The highest BCUT2D eigenvalue weighted by Gasteiger charge is 2.42. The Bertz CT molecular complexity index is 664. The van der Waals surface area contributed by atoms with Crippen LogP contribution in [-0.4, -0.2) is 52.4 Å². The smallest absolute Gasteiger partial charge is 0.315 e. The van der Waals surface area contributed by atoms with Crippen molar-refractivity contribution in [3.8, 4) is 0 Å². The minimum atomic E-state index is -0.0444. The zero-order valence-corrected chi connectivity index (χ0v) is 17.1. The number of hydrogen-bond acceptors (Lipinski definition) is 3. The lowest BCUT2D eigenvalue weighted by molar-refractivity contribution is 0.0294. The Morgan fingerprint density at radius 3 is 2.74 bits per heavy atom. The first kappa shape index (κ1) is 18.8. The molecular formula is C21H35N5O. The summed E-state index contributed by atoms with van der Waals surface area (Å²) < 4.78 is 2.16. The summed E-state index contributed by atoms with van der Waals surface area (Å²) in [4.78, 5) is 14.5. The largest absolute Gasteiger partial charge is 0.337 e. The van der Waals surface area contributed by atoms with Gasteiger partial charge in [-0.3, -0.25) is 9.58 Å². The second-order valence-electron chi connectivity index (χ2n) is 9.15. The highest BCUT2D eigenvalue weighted by Crippen LogP contribution is 2.43. The number of amides is 2. The van der Waals surface area contributed by atoms with Crippen LogP contribution in [0.4, 0.5) is 4.79 Å². The molecule has 1 saturated carbocycles. The summed E-state index contributed by atoms with van der Waals surface area (Å²) in [5.41, 5.74) is 2.75. The van der Waals surface area contributed by atoms with Gasteiger partial charge in [-0.25, -0.2) is 4.79 Å². The second kappa shape index (κ2) is 7.82. The third kappa shape index (κ3) is 4.00. The van der Waals surface area contributed by atoms with Crippen LogP contribution in [0.3, 0.4) is 0 Å². The Labute approximate surface area is 163 Å². The summed E-state index contributed by atoms with van der Waals surface area (Å²) in [5.74, 6) is 1.98. The van der Waals surface area contributed by atoms with Crippen molar-refractivity contribution in [2.24, 2.45) is 13.0 Å². The predicted molar refractivity (Wildman–Crippen MR) is 107 cm³/mol. The molecule has 3 aliphatic heterocycles. The molecule has 150 valence electrons. The molecule has 27 heavy (non-hydrogen) atoms. The van der Waals surface area contributed by atoms with Gasteiger partial charge in [-0.05, 0) is 58.1 Å². The molecule has 4 heterocycles. The van der Waals surface area contributed by atoms with Gasteiger partial charge in [-0.1, -0.05) is 12.8 Å². The molecule has 4 atom stereocenters. The Morgan fingerprint density at radius 1 is 1.30 bits per heavy atom. The number of carbonyl (C=O) groups is 1. The van der Waals surface area contributed by atoms with Crippen LogP contribution < -0.4 is 10.6 Å². The summed E-state index contributed by atoms with van der Waals surface area (Å²) in [6.45, 7) is 6.99. The maximum Gasteiger partial charge on any atom is 0.315 e. The molecule has 6 nitrogen and oxygen atoms in total. The lowest BCUT2D eigenvalue weighted by atomic mass is 9.74. The van der Waals surface area contributed by atoms with Crippen molar-refractivity contribution in [2.75, 3.05) is 19.6 Å². The lowest BCUT2D eigenvalue weighted by Crippen LogP contribution is -2.57. The summed E-state index contributed by atoms with van der Waals surface area (Å²) >= 11 is 0. The van der Waals surface area contributed by atoms with E-state index in [-0.39, 0.29) is 12.1 Å². The molecule has 1 aromatic rings. The third-order valence-corrected chi connectivity index (χ3v) is 6.88. The number of aromatic nitrogens is 2. The summed E-state index contributed by atoms with van der Waals surface area (Å²) in [5, 5.41) is 10.9. The van der Waals surface area contributed by atoms with E-state index in [0.29, 0.717) is 23.8 Å². The molecule has 4 aliphatic rings. The SMILES string of the molecule is CC(C)NC(=O)NC[C@H]1C[C@@H]2CCN1C[C@@H]2c1cc(C2CCCC2)nn1C. The monoisotopic (exact) mass is 373 g/mol. The number of hydrogen-bond donors (Lipinski definition) is 2. The van der Waals surface area contributed by atoms with Gasteiger partial charge in [0.05, 0.1) is 5.69 Å². The van der Waals surface area contributed by atoms with Gasteiger partial charge in [0.25, 0.3) is 0 Å². The zero-order valence-electron chi connectivity index (χ0n) is 17.1. The highest BCUT2D eigenvalue weighted by molar-refractivity contribution is 5.74. The van der Waals surface area contributed by atoms with Crippen LogP contribution in [-0.2, 0) is 7.05 Å². The van der Waals surface area contributed by atoms with Crippen LogP contribution in [0, 0.1) is 5.92 Å². The fourth-order valence-corrected chi connectivity index (χ4v) is 5.48. The molecule has 1 aliphatic carbocycles. The molecule has 0 aromatic carbocycles. The zero-order chi connectivity index (χ0) is 19.0. The van der Waals surface area contributed by atoms with Crippen molar-refractivity contribution in [1.82, 2.24) is 25.3 Å². The number of rotatable bonds is 5. The van der Waals surface area contributed by atoms with E-state index in [9.17, 15) is 4.79 Å². The molecule has 4 fully saturated rings. The molecule has 1 aromatic heterocycles. The summed E-state index contributed by atoms with van der Waals surface area (Å²) in [6.07, 6.45) is 7.77. The van der Waals surface area contributed by atoms with E-state index in [1.807, 2.05) is 13.8 Å². The Kier molecular flexibility index (Phi) is 5.44. The van der Waals surface area contributed by atoms with Gasteiger partial charge in [0.1, 0.15) is 0 Å². The summed E-state index contributed by atoms with van der Waals surface area (Å²) in [7, 11) is 2.13. The van der Waals surface area contributed by atoms with Crippen LogP contribution in [0.25, 0.3) is 0 Å². The van der Waals surface area contributed by atoms with Gasteiger partial charge in [0, 0.05) is 49.8 Å². The topological polar surface area (TPSA) is 62.2 Å². The molecular weight excluding hydrogens is 338 g/mol. The average Bonchev–Trinajstić information content (AvgIpc) is 3.29. The number of piperidine rings is 3. The van der Waals surface area contributed by atoms with Crippen molar-refractivity contribution in [1.29, 1.82) is 0 Å². The molecule has 1 unspecified atom stereocenters. The third-order valence-electron chi connectivity index (χ3n) is 6.88. The van der Waals surface area contributed by atoms with Gasteiger partial charge < -0.3 is 10.6 Å². The van der Waals surface area contributed by atoms with E-state index in [1.165, 1.54) is 49.9 Å². The second-order valence-corrected chi connectivity index (χ2v) is 9.15. The minimum absolute atomic E-state index is 0.0444. The molecule has 6 heteroatoms. The van der Waals surface area contributed by atoms with Crippen molar-refractivity contribution in [2.45, 2.75) is 76.3 Å². The highest BCUT2D eigenvalue weighted by atomic mass is 16.2. The number of fused-ring (bicyclic) bond motifs is 3. The maximum atomic E-state index is 11.9. The molecule has 2 bridgehead atoms. The predicted octanol–water partition coefficient (Wildman–Crippen LogP) is 2.96. The van der Waals surface area contributed by atoms with E-state index in [4.69, 9.17) is 5.10 Å². The standard InChI is InChI=1S/C21H35N5O/c1-14(2)23-21(27)22-12-17-10-16-8-9-26(17)13-18(16)20-11-19(24-25(20)3)15-6-4-5-7-15/h11,14-18H,4-10,12-13H2,1-3H3,(H2,22,23,27)/t16-,17+,18-/m0/s1. The van der Waals surface area contributed by atoms with Crippen LogP contribution in [0.1, 0.15) is 75.6 Å². The van der Waals surface area contributed by atoms with Crippen molar-refractivity contribution < 1.29 is 4.79 Å². The van der Waals surface area contributed by atoms with Crippen LogP contribution >= 0.6 is 0 Å². The van der Waals surface area contributed by atoms with E-state index >= 15 is 0 Å². The number of nitrogens with zero attached hydrogens (tertiary/aromatic N) is 3. The molecule has 0 radical (unpaired) electrons.